The van der Waals surface area contributed by atoms with Gasteiger partial charge in [0.25, 0.3) is 0 Å². The Kier molecular flexibility index (Phi) is 11.3. The van der Waals surface area contributed by atoms with E-state index in [0.717, 1.165) is 0 Å². The van der Waals surface area contributed by atoms with Crippen LogP contribution in [0, 0.1) is 12.3 Å². The monoisotopic (exact) mass is 487 g/mol. The Morgan fingerprint density at radius 2 is 1.74 bits per heavy atom. The molecule has 35 heavy (non-hydrogen) atoms. The van der Waals surface area contributed by atoms with Gasteiger partial charge < -0.3 is 25.0 Å². The van der Waals surface area contributed by atoms with E-state index in [1.54, 1.807) is 65.8 Å². The summed E-state index contributed by atoms with van der Waals surface area (Å²) in [6.45, 7) is 12.1. The number of nitrogens with one attached hydrogen (secondary N) is 2. The molecule has 1 aromatic rings. The van der Waals surface area contributed by atoms with Crippen LogP contribution in [-0.4, -0.2) is 59.6 Å². The van der Waals surface area contributed by atoms with Crippen molar-refractivity contribution in [1.29, 1.82) is 0 Å². The second kappa shape index (κ2) is 13.4. The number of esters is 1. The number of carbonyl (C=O) groups excluding carboxylic acids is 4. The van der Waals surface area contributed by atoms with Crippen LogP contribution in [0.25, 0.3) is 0 Å². The summed E-state index contributed by atoms with van der Waals surface area (Å²) in [5, 5.41) is 5.24. The van der Waals surface area contributed by atoms with Crippen LogP contribution >= 0.6 is 0 Å². The number of terminal acetylenes is 1. The van der Waals surface area contributed by atoms with E-state index in [-0.39, 0.29) is 19.6 Å². The molecule has 0 spiro atoms. The van der Waals surface area contributed by atoms with Crippen LogP contribution in [0.5, 0.6) is 0 Å². The highest BCUT2D eigenvalue weighted by Gasteiger charge is 2.37. The zero-order chi connectivity index (χ0) is 26.8. The number of hydrogen-bond donors (Lipinski definition) is 2. The summed E-state index contributed by atoms with van der Waals surface area (Å²) in [6, 6.07) is 4.30. The summed E-state index contributed by atoms with van der Waals surface area (Å²) in [5.74, 6) is 1.11. The third-order valence-corrected chi connectivity index (χ3v) is 4.79. The van der Waals surface area contributed by atoms with E-state index in [9.17, 15) is 19.2 Å². The second-order valence-electron chi connectivity index (χ2n) is 9.19. The largest absolute Gasteiger partial charge is 0.466 e. The molecule has 0 saturated heterocycles. The van der Waals surface area contributed by atoms with Crippen LogP contribution in [0.15, 0.2) is 24.3 Å². The van der Waals surface area contributed by atoms with Crippen LogP contribution in [-0.2, 0) is 23.9 Å². The summed E-state index contributed by atoms with van der Waals surface area (Å²) in [7, 11) is 0. The normalized spacial score (nSPS) is 12.7. The van der Waals surface area contributed by atoms with Crippen molar-refractivity contribution >= 4 is 23.9 Å². The smallest absolute Gasteiger partial charge is 0.408 e. The maximum atomic E-state index is 13.5. The molecule has 1 aromatic carbocycles. The highest BCUT2D eigenvalue weighted by atomic mass is 16.6. The Balaban J connectivity index is 3.29. The average Bonchev–Trinajstić information content (AvgIpc) is 2.75. The Morgan fingerprint density at radius 3 is 2.29 bits per heavy atom. The number of rotatable bonds is 10. The molecular weight excluding hydrogens is 450 g/mol. The van der Waals surface area contributed by atoms with E-state index in [2.05, 4.69) is 16.6 Å². The van der Waals surface area contributed by atoms with Gasteiger partial charge in [-0.25, -0.2) is 4.79 Å². The molecule has 3 amide bonds. The quantitative estimate of drug-likeness (QED) is 0.387. The molecule has 2 N–H and O–H groups in total. The SMILES string of the molecule is C#Cc1ccccc1C(C(=O)NCCC(=O)OCC)N(C(=O)C(C)NC(=O)OC(C)(C)C)C(C)C. The molecule has 1 rings (SSSR count). The zero-order valence-corrected chi connectivity index (χ0v) is 21.6. The van der Waals surface area contributed by atoms with Gasteiger partial charge in [-0.05, 0) is 60.1 Å². The fourth-order valence-electron chi connectivity index (χ4n) is 3.35. The van der Waals surface area contributed by atoms with Crippen LogP contribution in [0.2, 0.25) is 0 Å². The predicted molar refractivity (Wildman–Crippen MR) is 132 cm³/mol. The number of alkyl carbamates (subject to hydrolysis) is 1. The Hall–Kier alpha value is -3.54. The molecule has 0 aromatic heterocycles. The van der Waals surface area contributed by atoms with Crippen molar-refractivity contribution in [2.45, 2.75) is 78.6 Å². The van der Waals surface area contributed by atoms with Crippen molar-refractivity contribution in [2.75, 3.05) is 13.2 Å². The van der Waals surface area contributed by atoms with Crippen molar-refractivity contribution < 1.29 is 28.7 Å². The minimum atomic E-state index is -1.10. The van der Waals surface area contributed by atoms with E-state index in [1.165, 1.54) is 11.8 Å². The molecule has 0 saturated carbocycles. The molecular formula is C26H37N3O6. The average molecular weight is 488 g/mol. The summed E-state index contributed by atoms with van der Waals surface area (Å²) < 4.78 is 10.2. The van der Waals surface area contributed by atoms with Gasteiger partial charge >= 0.3 is 12.1 Å². The summed E-state index contributed by atoms with van der Waals surface area (Å²) in [6.07, 6.45) is 4.91. The second-order valence-corrected chi connectivity index (χ2v) is 9.19. The minimum Gasteiger partial charge on any atom is -0.466 e. The van der Waals surface area contributed by atoms with E-state index in [1.807, 2.05) is 0 Å². The van der Waals surface area contributed by atoms with E-state index in [4.69, 9.17) is 15.9 Å². The number of benzene rings is 1. The van der Waals surface area contributed by atoms with Crippen molar-refractivity contribution in [3.05, 3.63) is 35.4 Å². The van der Waals surface area contributed by atoms with Gasteiger partial charge in [0.1, 0.15) is 17.7 Å². The fraction of sp³-hybridized carbons (Fsp3) is 0.538. The highest BCUT2D eigenvalue weighted by Crippen LogP contribution is 2.27. The van der Waals surface area contributed by atoms with E-state index < -0.39 is 47.6 Å². The minimum absolute atomic E-state index is 0.0185. The van der Waals surface area contributed by atoms with Gasteiger partial charge in [-0.1, -0.05) is 24.1 Å². The summed E-state index contributed by atoms with van der Waals surface area (Å²) in [5.41, 5.74) is 0.164. The van der Waals surface area contributed by atoms with Crippen molar-refractivity contribution in [3.8, 4) is 12.3 Å². The standard InChI is InChI=1S/C26H37N3O6/c1-9-19-13-11-12-14-20(19)22(23(31)27-16-15-21(30)34-10-2)29(17(3)4)24(32)18(5)28-25(33)35-26(6,7)8/h1,11-14,17-18,22H,10,15-16H2,2-8H3,(H,27,31)(H,28,33). The molecule has 0 radical (unpaired) electrons. The van der Waals surface area contributed by atoms with Crippen LogP contribution < -0.4 is 10.6 Å². The maximum Gasteiger partial charge on any atom is 0.408 e. The van der Waals surface area contributed by atoms with Gasteiger partial charge in [0.15, 0.2) is 0 Å². The lowest BCUT2D eigenvalue weighted by molar-refractivity contribution is -0.145. The lowest BCUT2D eigenvalue weighted by Crippen LogP contribution is -2.54. The van der Waals surface area contributed by atoms with Crippen LogP contribution in [0.3, 0.4) is 0 Å². The summed E-state index contributed by atoms with van der Waals surface area (Å²) in [4.78, 5) is 52.2. The van der Waals surface area contributed by atoms with Gasteiger partial charge in [-0.15, -0.1) is 6.42 Å². The highest BCUT2D eigenvalue weighted by molar-refractivity contribution is 5.92. The number of ether oxygens (including phenoxy) is 2. The summed E-state index contributed by atoms with van der Waals surface area (Å²) >= 11 is 0. The molecule has 0 aliphatic heterocycles. The first-order valence-corrected chi connectivity index (χ1v) is 11.6. The van der Waals surface area contributed by atoms with Gasteiger partial charge in [0.05, 0.1) is 13.0 Å². The van der Waals surface area contributed by atoms with Gasteiger partial charge in [-0.2, -0.15) is 0 Å². The lowest BCUT2D eigenvalue weighted by atomic mass is 9.96. The molecule has 0 bridgehead atoms. The first kappa shape index (κ1) is 29.5. The Bertz CT molecular complexity index is 945. The molecule has 0 heterocycles. The molecule has 9 heteroatoms. The first-order chi connectivity index (χ1) is 16.3. The number of hydrogen-bond acceptors (Lipinski definition) is 6. The van der Waals surface area contributed by atoms with Crippen molar-refractivity contribution in [2.24, 2.45) is 0 Å². The Labute approximate surface area is 207 Å². The molecule has 0 aliphatic rings. The fourth-order valence-corrected chi connectivity index (χ4v) is 3.35. The molecule has 0 fully saturated rings. The number of carbonyl (C=O) groups is 4. The van der Waals surface area contributed by atoms with Gasteiger partial charge in [-0.3, -0.25) is 14.4 Å². The van der Waals surface area contributed by atoms with Crippen molar-refractivity contribution in [1.82, 2.24) is 15.5 Å². The first-order valence-electron chi connectivity index (χ1n) is 11.6. The van der Waals surface area contributed by atoms with E-state index >= 15 is 0 Å². The van der Waals surface area contributed by atoms with Gasteiger partial charge in [0.2, 0.25) is 11.8 Å². The lowest BCUT2D eigenvalue weighted by Gasteiger charge is -2.36. The molecule has 192 valence electrons. The third-order valence-electron chi connectivity index (χ3n) is 4.79. The third kappa shape index (κ3) is 9.32. The molecule has 2 atom stereocenters. The number of nitrogens with zero attached hydrogens (tertiary/aromatic N) is 1. The van der Waals surface area contributed by atoms with Crippen molar-refractivity contribution in [3.63, 3.8) is 0 Å². The number of amides is 3. The van der Waals surface area contributed by atoms with Gasteiger partial charge in [0, 0.05) is 18.2 Å². The molecule has 9 nitrogen and oxygen atoms in total. The van der Waals surface area contributed by atoms with Crippen LogP contribution in [0.1, 0.15) is 72.1 Å². The maximum absolute atomic E-state index is 13.5. The zero-order valence-electron chi connectivity index (χ0n) is 21.6. The van der Waals surface area contributed by atoms with E-state index in [0.29, 0.717) is 11.1 Å². The predicted octanol–water partition coefficient (Wildman–Crippen LogP) is 2.93. The van der Waals surface area contributed by atoms with Crippen LogP contribution in [0.4, 0.5) is 4.79 Å². The molecule has 0 aliphatic carbocycles. The molecule has 2 unspecified atom stereocenters. The Morgan fingerprint density at radius 1 is 1.11 bits per heavy atom. The topological polar surface area (TPSA) is 114 Å².